The second-order valence-corrected chi connectivity index (χ2v) is 13.7. The van der Waals surface area contributed by atoms with Crippen molar-refractivity contribution >= 4 is 22.4 Å². The Morgan fingerprint density at radius 3 is 2.08 bits per heavy atom. The van der Waals surface area contributed by atoms with E-state index in [1.165, 1.54) is 44.8 Å². The van der Waals surface area contributed by atoms with Crippen molar-refractivity contribution in [1.82, 2.24) is 4.98 Å². The van der Waals surface area contributed by atoms with Crippen LogP contribution in [0.2, 0.25) is 0 Å². The van der Waals surface area contributed by atoms with Crippen LogP contribution in [0.4, 0.5) is 0 Å². The van der Waals surface area contributed by atoms with E-state index in [4.69, 9.17) is 4.98 Å². The van der Waals surface area contributed by atoms with Crippen molar-refractivity contribution in [3.05, 3.63) is 166 Å². The number of allylic oxidation sites excluding steroid dienone is 1. The first-order valence-corrected chi connectivity index (χ1v) is 16.7. The molecule has 0 fully saturated rings. The molecule has 1 aliphatic rings. The number of aliphatic hydroxyl groups excluding tert-OH is 1. The summed E-state index contributed by atoms with van der Waals surface area (Å²) in [7, 11) is 0. The maximum absolute atomic E-state index is 11.8. The van der Waals surface area contributed by atoms with Gasteiger partial charge in [0, 0.05) is 48.1 Å². The number of aryl methyl sites for hydroxylation is 2. The van der Waals surface area contributed by atoms with E-state index in [1.54, 1.807) is 36.4 Å². The number of nitrogens with zero attached hydrogens (tertiary/aromatic N) is 1. The monoisotopic (exact) mass is 821 g/mol. The minimum atomic E-state index is -0.202. The van der Waals surface area contributed by atoms with Gasteiger partial charge in [-0.25, -0.2) is 0 Å². The molecule has 0 spiro atoms. The van der Waals surface area contributed by atoms with Crippen molar-refractivity contribution in [3.63, 3.8) is 0 Å². The van der Waals surface area contributed by atoms with Gasteiger partial charge in [0.15, 0.2) is 5.78 Å². The van der Waals surface area contributed by atoms with Gasteiger partial charge in [-0.15, -0.1) is 34.9 Å². The molecule has 1 aromatic heterocycles. The summed E-state index contributed by atoms with van der Waals surface area (Å²) in [6.45, 7) is 13.5. The van der Waals surface area contributed by atoms with Crippen LogP contribution in [0.1, 0.15) is 71.4 Å². The quantitative estimate of drug-likeness (QED) is 0.0788. The zero-order chi connectivity index (χ0) is 34.0. The number of benzene rings is 5. The fourth-order valence-electron chi connectivity index (χ4n) is 6.77. The minimum absolute atomic E-state index is 0. The summed E-state index contributed by atoms with van der Waals surface area (Å²) >= 11 is 0. The topological polar surface area (TPSA) is 50.2 Å². The Morgan fingerprint density at radius 1 is 0.796 bits per heavy atom. The van der Waals surface area contributed by atoms with Gasteiger partial charge >= 0.3 is 0 Å². The number of carbonyl (C=O) groups is 1. The third-order valence-corrected chi connectivity index (χ3v) is 9.05. The largest absolute Gasteiger partial charge is 0.507 e. The predicted octanol–water partition coefficient (Wildman–Crippen LogP) is 11.3. The molecular formula is C45H42IrNO2-. The molecule has 49 heavy (non-hydrogen) atoms. The average molecular weight is 821 g/mol. The number of hydrogen-bond acceptors (Lipinski definition) is 3. The van der Waals surface area contributed by atoms with E-state index in [0.29, 0.717) is 17.0 Å². The van der Waals surface area contributed by atoms with Crippen LogP contribution in [0.15, 0.2) is 121 Å². The van der Waals surface area contributed by atoms with Gasteiger partial charge < -0.3 is 5.11 Å². The summed E-state index contributed by atoms with van der Waals surface area (Å²) in [6.07, 6.45) is 2.28. The molecule has 4 heteroatoms. The van der Waals surface area contributed by atoms with Crippen molar-refractivity contribution in [3.8, 4) is 22.4 Å². The Bertz CT molecular complexity index is 2130. The van der Waals surface area contributed by atoms with Gasteiger partial charge in [-0.1, -0.05) is 133 Å². The number of ketones is 1. The van der Waals surface area contributed by atoms with Crippen molar-refractivity contribution in [2.75, 3.05) is 0 Å². The van der Waals surface area contributed by atoms with Crippen LogP contribution in [0.25, 0.3) is 39.0 Å². The number of aliphatic hydroxyl groups is 1. The summed E-state index contributed by atoms with van der Waals surface area (Å²) in [5, 5.41) is 11.1. The Balaban J connectivity index is 0.000000221. The molecule has 0 atom stereocenters. The molecule has 0 aliphatic heterocycles. The van der Waals surface area contributed by atoms with Crippen LogP contribution < -0.4 is 0 Å². The van der Waals surface area contributed by atoms with Crippen molar-refractivity contribution in [2.45, 2.75) is 53.4 Å². The Kier molecular flexibility index (Phi) is 10.8. The number of pyridine rings is 1. The van der Waals surface area contributed by atoms with Crippen molar-refractivity contribution < 1.29 is 30.0 Å². The number of aromatic nitrogens is 1. The van der Waals surface area contributed by atoms with Gasteiger partial charge in [-0.3, -0.25) is 9.78 Å². The van der Waals surface area contributed by atoms with Gasteiger partial charge in [-0.05, 0) is 58.0 Å². The first-order chi connectivity index (χ1) is 23.0. The second kappa shape index (κ2) is 14.9. The van der Waals surface area contributed by atoms with E-state index in [-0.39, 0.29) is 37.1 Å². The first-order valence-electron chi connectivity index (χ1n) is 16.7. The molecular weight excluding hydrogens is 779 g/mol. The number of carbonyl (C=O) groups excluding carboxylic acids is 1. The molecule has 1 radical (unpaired) electrons. The molecule has 0 amide bonds. The van der Waals surface area contributed by atoms with Gasteiger partial charge in [0.1, 0.15) is 5.76 Å². The third kappa shape index (κ3) is 7.67. The zero-order valence-corrected chi connectivity index (χ0v) is 31.4. The van der Waals surface area contributed by atoms with E-state index in [0.717, 1.165) is 28.8 Å². The molecule has 0 saturated carbocycles. The third-order valence-electron chi connectivity index (χ3n) is 9.05. The normalized spacial score (nSPS) is 12.8. The Morgan fingerprint density at radius 2 is 1.43 bits per heavy atom. The SMILES string of the molecule is Cc1[c-]c(-c2cc(CC(C)C)c3cc4c(cc3n2)C(C)(C)c2ccccc2-4)cc(C)c1.O=C(/C=C(\O)c1ccccc1)c1ccccc1.[Ir]. The average Bonchev–Trinajstić information content (AvgIpc) is 3.29. The summed E-state index contributed by atoms with van der Waals surface area (Å²) in [4.78, 5) is 17.0. The van der Waals surface area contributed by atoms with E-state index in [9.17, 15) is 9.90 Å². The van der Waals surface area contributed by atoms with E-state index in [1.807, 2.05) is 24.3 Å². The van der Waals surface area contributed by atoms with E-state index < -0.39 is 0 Å². The van der Waals surface area contributed by atoms with Crippen LogP contribution in [-0.2, 0) is 31.9 Å². The molecule has 1 aliphatic carbocycles. The van der Waals surface area contributed by atoms with Crippen molar-refractivity contribution in [2.24, 2.45) is 5.92 Å². The Hall–Kier alpha value is -4.63. The molecule has 249 valence electrons. The molecule has 0 bridgehead atoms. The first kappa shape index (κ1) is 35.7. The predicted molar refractivity (Wildman–Crippen MR) is 199 cm³/mol. The fraction of sp³-hybridized carbons (Fsp3) is 0.200. The molecule has 5 aromatic carbocycles. The van der Waals surface area contributed by atoms with Crippen LogP contribution in [0.5, 0.6) is 0 Å². The number of fused-ring (bicyclic) bond motifs is 4. The maximum Gasteiger partial charge on any atom is 0.189 e. The van der Waals surface area contributed by atoms with Gasteiger partial charge in [-0.2, -0.15) is 0 Å². The number of hydrogen-bond donors (Lipinski definition) is 1. The van der Waals surface area contributed by atoms with Crippen LogP contribution in [0.3, 0.4) is 0 Å². The van der Waals surface area contributed by atoms with E-state index >= 15 is 0 Å². The van der Waals surface area contributed by atoms with E-state index in [2.05, 4.69) is 102 Å². The Labute approximate surface area is 304 Å². The summed E-state index contributed by atoms with van der Waals surface area (Å²) in [5.74, 6) is 0.366. The van der Waals surface area contributed by atoms with Crippen LogP contribution in [-0.4, -0.2) is 15.9 Å². The number of rotatable bonds is 6. The molecule has 3 nitrogen and oxygen atoms in total. The molecule has 0 unspecified atom stereocenters. The summed E-state index contributed by atoms with van der Waals surface area (Å²) in [5.41, 5.74) is 13.7. The van der Waals surface area contributed by atoms with Gasteiger partial charge in [0.25, 0.3) is 0 Å². The van der Waals surface area contributed by atoms with Gasteiger partial charge in [0.05, 0.1) is 5.52 Å². The minimum Gasteiger partial charge on any atom is -0.507 e. The molecule has 0 saturated heterocycles. The molecule has 7 rings (SSSR count). The van der Waals surface area contributed by atoms with Gasteiger partial charge in [0.2, 0.25) is 0 Å². The molecule has 6 aromatic rings. The van der Waals surface area contributed by atoms with Crippen LogP contribution in [0, 0.1) is 25.8 Å². The summed E-state index contributed by atoms with van der Waals surface area (Å²) in [6, 6.07) is 41.7. The standard InChI is InChI=1S/C30H30N.C15H12O2.Ir/c1-18(2)11-21-15-28(22-13-19(3)12-20(4)14-22)31-29-17-27-25(16-24(21)29)23-9-7-8-10-26(23)30(27,5)6;16-14(12-7-3-1-4-8-12)11-15(17)13-9-5-2-6-10-13;/h7-10,12-13,15-18H,11H2,1-6H3;1-11,16H;/q-1;;/b;14-11-;. The zero-order valence-electron chi connectivity index (χ0n) is 29.0. The smallest absolute Gasteiger partial charge is 0.189 e. The molecule has 1 N–H and O–H groups in total. The fourth-order valence-corrected chi connectivity index (χ4v) is 6.77. The second-order valence-electron chi connectivity index (χ2n) is 13.7. The van der Waals surface area contributed by atoms with Crippen molar-refractivity contribution in [1.29, 1.82) is 0 Å². The summed E-state index contributed by atoms with van der Waals surface area (Å²) < 4.78 is 0. The van der Waals surface area contributed by atoms with Crippen LogP contribution >= 0.6 is 0 Å². The molecule has 1 heterocycles. The maximum atomic E-state index is 11.8.